The van der Waals surface area contributed by atoms with Crippen LogP contribution in [0.25, 0.3) is 0 Å². The first-order chi connectivity index (χ1) is 14.0. The Morgan fingerprint density at radius 1 is 1.07 bits per heavy atom. The van der Waals surface area contributed by atoms with E-state index in [4.69, 9.17) is 0 Å². The highest BCUT2D eigenvalue weighted by Crippen LogP contribution is 2.20. The highest BCUT2D eigenvalue weighted by molar-refractivity contribution is 7.92. The van der Waals surface area contributed by atoms with Crippen molar-refractivity contribution in [3.8, 4) is 0 Å². The van der Waals surface area contributed by atoms with Crippen LogP contribution in [0.5, 0.6) is 0 Å². The second kappa shape index (κ2) is 9.66. The van der Waals surface area contributed by atoms with Gasteiger partial charge in [-0.1, -0.05) is 18.2 Å². The maximum atomic E-state index is 13.6. The molecule has 0 fully saturated rings. The molecule has 1 N–H and O–H groups in total. The number of nitrogens with one attached hydrogen (secondary N) is 1. The maximum Gasteiger partial charge on any atom is 0.244 e. The van der Waals surface area contributed by atoms with Gasteiger partial charge >= 0.3 is 0 Å². The second-order valence-corrected chi connectivity index (χ2v) is 8.59. The lowest BCUT2D eigenvalue weighted by Gasteiger charge is -2.31. The summed E-state index contributed by atoms with van der Waals surface area (Å²) in [4.78, 5) is 26.4. The van der Waals surface area contributed by atoms with E-state index in [1.807, 2.05) is 0 Å². The minimum absolute atomic E-state index is 0.0137. The van der Waals surface area contributed by atoms with Crippen LogP contribution in [0.1, 0.15) is 12.5 Å². The van der Waals surface area contributed by atoms with Gasteiger partial charge in [-0.05, 0) is 42.8 Å². The van der Waals surface area contributed by atoms with E-state index in [1.165, 1.54) is 55.3 Å². The first kappa shape index (κ1) is 23.3. The Kier molecular flexibility index (Phi) is 7.49. The van der Waals surface area contributed by atoms with Crippen molar-refractivity contribution < 1.29 is 26.8 Å². The molecule has 0 unspecified atom stereocenters. The summed E-state index contributed by atoms with van der Waals surface area (Å²) in [6.07, 6.45) is 0.900. The van der Waals surface area contributed by atoms with Gasteiger partial charge in [-0.2, -0.15) is 0 Å². The standard InChI is InChI=1S/C20H23F2N3O4S/c1-14(20(27)23-2)24(12-15-7-9-16(21)10-8-15)19(26)13-25(30(3,28)29)18-6-4-5-17(22)11-18/h4-11,14H,12-13H2,1-3H3,(H,23,27)/t14-/m1/s1. The number of benzene rings is 2. The van der Waals surface area contributed by atoms with Gasteiger partial charge in [-0.25, -0.2) is 17.2 Å². The number of carbonyl (C=O) groups is 2. The fourth-order valence-electron chi connectivity index (χ4n) is 2.82. The zero-order valence-corrected chi connectivity index (χ0v) is 17.6. The van der Waals surface area contributed by atoms with E-state index < -0.39 is 46.1 Å². The minimum Gasteiger partial charge on any atom is -0.357 e. The molecular formula is C20H23F2N3O4S. The summed E-state index contributed by atoms with van der Waals surface area (Å²) in [5.74, 6) is -2.24. The summed E-state index contributed by atoms with van der Waals surface area (Å²) in [5, 5.41) is 2.44. The molecule has 162 valence electrons. The third-order valence-corrected chi connectivity index (χ3v) is 5.60. The van der Waals surface area contributed by atoms with Crippen molar-refractivity contribution in [1.29, 1.82) is 0 Å². The highest BCUT2D eigenvalue weighted by Gasteiger charge is 2.29. The summed E-state index contributed by atoms with van der Waals surface area (Å²) in [6, 6.07) is 9.29. The molecule has 2 rings (SSSR count). The number of amides is 2. The van der Waals surface area contributed by atoms with Gasteiger partial charge in [0.25, 0.3) is 0 Å². The summed E-state index contributed by atoms with van der Waals surface area (Å²) in [6.45, 7) is 0.812. The van der Waals surface area contributed by atoms with Crippen molar-refractivity contribution in [3.05, 3.63) is 65.7 Å². The summed E-state index contributed by atoms with van der Waals surface area (Å²) < 4.78 is 52.1. The van der Waals surface area contributed by atoms with Gasteiger partial charge in [0.1, 0.15) is 24.2 Å². The first-order valence-electron chi connectivity index (χ1n) is 9.01. The molecule has 0 saturated carbocycles. The number of nitrogens with zero attached hydrogens (tertiary/aromatic N) is 2. The Hall–Kier alpha value is -3.01. The molecule has 0 bridgehead atoms. The quantitative estimate of drug-likeness (QED) is 0.681. The zero-order chi connectivity index (χ0) is 22.5. The third-order valence-electron chi connectivity index (χ3n) is 4.46. The van der Waals surface area contributed by atoms with E-state index in [9.17, 15) is 26.8 Å². The van der Waals surface area contributed by atoms with Crippen LogP contribution < -0.4 is 9.62 Å². The van der Waals surface area contributed by atoms with Crippen LogP contribution in [0.15, 0.2) is 48.5 Å². The number of sulfonamides is 1. The van der Waals surface area contributed by atoms with E-state index in [2.05, 4.69) is 5.32 Å². The normalized spacial score (nSPS) is 12.2. The van der Waals surface area contributed by atoms with E-state index in [-0.39, 0.29) is 12.2 Å². The Morgan fingerprint density at radius 2 is 1.70 bits per heavy atom. The number of carbonyl (C=O) groups excluding carboxylic acids is 2. The maximum absolute atomic E-state index is 13.6. The van der Waals surface area contributed by atoms with Crippen LogP contribution in [0.3, 0.4) is 0 Å². The molecule has 1 atom stereocenters. The van der Waals surface area contributed by atoms with Gasteiger partial charge in [0.2, 0.25) is 21.8 Å². The van der Waals surface area contributed by atoms with Crippen LogP contribution in [-0.4, -0.2) is 51.0 Å². The average molecular weight is 439 g/mol. The number of rotatable bonds is 8. The zero-order valence-electron chi connectivity index (χ0n) is 16.8. The molecule has 2 aromatic rings. The van der Waals surface area contributed by atoms with Gasteiger partial charge < -0.3 is 10.2 Å². The molecule has 0 aromatic heterocycles. The molecule has 0 radical (unpaired) electrons. The predicted octanol–water partition coefficient (Wildman–Crippen LogP) is 1.89. The molecule has 0 aliphatic rings. The van der Waals surface area contributed by atoms with E-state index >= 15 is 0 Å². The SMILES string of the molecule is CNC(=O)[C@@H](C)N(Cc1ccc(F)cc1)C(=O)CN(c1cccc(F)c1)S(C)(=O)=O. The van der Waals surface area contributed by atoms with Gasteiger partial charge in [0.15, 0.2) is 0 Å². The molecule has 0 heterocycles. The van der Waals surface area contributed by atoms with Crippen LogP contribution in [0.4, 0.5) is 14.5 Å². The van der Waals surface area contributed by atoms with E-state index in [1.54, 1.807) is 0 Å². The fraction of sp³-hybridized carbons (Fsp3) is 0.300. The van der Waals surface area contributed by atoms with Gasteiger partial charge in [0.05, 0.1) is 11.9 Å². The molecule has 30 heavy (non-hydrogen) atoms. The molecule has 7 nitrogen and oxygen atoms in total. The van der Waals surface area contributed by atoms with Crippen molar-refractivity contribution in [2.45, 2.75) is 19.5 Å². The van der Waals surface area contributed by atoms with Crippen molar-refractivity contribution >= 4 is 27.5 Å². The number of anilines is 1. The average Bonchev–Trinajstić information content (AvgIpc) is 2.69. The molecular weight excluding hydrogens is 416 g/mol. The van der Waals surface area contributed by atoms with Gasteiger partial charge in [0, 0.05) is 13.6 Å². The van der Waals surface area contributed by atoms with Crippen molar-refractivity contribution in [2.75, 3.05) is 24.2 Å². The fourth-order valence-corrected chi connectivity index (χ4v) is 3.66. The molecule has 0 saturated heterocycles. The number of hydrogen-bond acceptors (Lipinski definition) is 4. The lowest BCUT2D eigenvalue weighted by atomic mass is 10.1. The summed E-state index contributed by atoms with van der Waals surface area (Å²) >= 11 is 0. The van der Waals surface area contributed by atoms with E-state index in [0.29, 0.717) is 5.56 Å². The molecule has 0 spiro atoms. The lowest BCUT2D eigenvalue weighted by molar-refractivity contribution is -0.139. The monoisotopic (exact) mass is 439 g/mol. The van der Waals surface area contributed by atoms with Crippen LogP contribution in [-0.2, 0) is 26.2 Å². The summed E-state index contributed by atoms with van der Waals surface area (Å²) in [7, 11) is -2.51. The van der Waals surface area contributed by atoms with Crippen molar-refractivity contribution in [3.63, 3.8) is 0 Å². The lowest BCUT2D eigenvalue weighted by Crippen LogP contribution is -2.50. The predicted molar refractivity (Wildman–Crippen MR) is 109 cm³/mol. The van der Waals surface area contributed by atoms with Gasteiger partial charge in [-0.15, -0.1) is 0 Å². The van der Waals surface area contributed by atoms with Crippen LogP contribution >= 0.6 is 0 Å². The number of hydrogen-bond donors (Lipinski definition) is 1. The van der Waals surface area contributed by atoms with Crippen LogP contribution in [0, 0.1) is 11.6 Å². The van der Waals surface area contributed by atoms with Crippen molar-refractivity contribution in [1.82, 2.24) is 10.2 Å². The topological polar surface area (TPSA) is 86.8 Å². The Morgan fingerprint density at radius 3 is 2.23 bits per heavy atom. The third kappa shape index (κ3) is 5.99. The molecule has 2 aromatic carbocycles. The smallest absolute Gasteiger partial charge is 0.244 e. The van der Waals surface area contributed by atoms with Crippen molar-refractivity contribution in [2.24, 2.45) is 0 Å². The Bertz CT molecular complexity index is 1010. The molecule has 2 amide bonds. The van der Waals surface area contributed by atoms with Crippen LogP contribution in [0.2, 0.25) is 0 Å². The Labute approximate surface area is 174 Å². The molecule has 0 aliphatic heterocycles. The Balaban J connectivity index is 2.36. The molecule has 10 heteroatoms. The second-order valence-electron chi connectivity index (χ2n) is 6.69. The first-order valence-corrected chi connectivity index (χ1v) is 10.9. The van der Waals surface area contributed by atoms with Gasteiger partial charge in [-0.3, -0.25) is 13.9 Å². The number of likely N-dealkylation sites (N-methyl/N-ethyl adjacent to an activating group) is 1. The van der Waals surface area contributed by atoms with E-state index in [0.717, 1.165) is 22.7 Å². The minimum atomic E-state index is -3.92. The highest BCUT2D eigenvalue weighted by atomic mass is 32.2. The largest absolute Gasteiger partial charge is 0.357 e. The number of halogens is 2. The molecule has 0 aliphatic carbocycles. The summed E-state index contributed by atoms with van der Waals surface area (Å²) in [5.41, 5.74) is 0.539.